The van der Waals surface area contributed by atoms with Gasteiger partial charge >= 0.3 is 6.29 Å². The van der Waals surface area contributed by atoms with Gasteiger partial charge in [0.1, 0.15) is 0 Å². The van der Waals surface area contributed by atoms with Crippen LogP contribution in [0.25, 0.3) is 0 Å². The molecule has 0 aliphatic carbocycles. The molecule has 19 heavy (non-hydrogen) atoms. The standard InChI is InChI=1S/C13H10F2N2O2/c14-13(15)18-11-6-5-10(7-12(11)19-13)17-9-3-1-8(16)2-4-9/h1-7,17H,16H2. The molecule has 1 aliphatic heterocycles. The molecule has 0 bridgehead atoms. The minimum absolute atomic E-state index is 0.00504. The van der Waals surface area contributed by atoms with Crippen LogP contribution in [0.1, 0.15) is 0 Å². The van der Waals surface area contributed by atoms with Gasteiger partial charge in [0.2, 0.25) is 0 Å². The molecule has 4 nitrogen and oxygen atoms in total. The average Bonchev–Trinajstić information content (AvgIpc) is 2.65. The molecule has 2 aromatic rings. The topological polar surface area (TPSA) is 56.5 Å². The molecule has 1 aliphatic rings. The van der Waals surface area contributed by atoms with E-state index in [9.17, 15) is 8.78 Å². The van der Waals surface area contributed by atoms with Gasteiger partial charge in [0.05, 0.1) is 0 Å². The third-order valence-corrected chi connectivity index (χ3v) is 2.60. The SMILES string of the molecule is Nc1ccc(Nc2ccc3c(c2)OC(F)(F)O3)cc1. The summed E-state index contributed by atoms with van der Waals surface area (Å²) in [6, 6.07) is 11.6. The molecule has 3 N–H and O–H groups in total. The van der Waals surface area contributed by atoms with Crippen LogP contribution < -0.4 is 20.5 Å². The second kappa shape index (κ2) is 4.01. The number of ether oxygens (including phenoxy) is 2. The van der Waals surface area contributed by atoms with Crippen molar-refractivity contribution < 1.29 is 18.3 Å². The summed E-state index contributed by atoms with van der Waals surface area (Å²) in [6.07, 6.45) is -3.60. The highest BCUT2D eigenvalue weighted by Gasteiger charge is 2.43. The zero-order chi connectivity index (χ0) is 13.5. The maximum Gasteiger partial charge on any atom is 0.586 e. The monoisotopic (exact) mass is 264 g/mol. The number of nitrogens with two attached hydrogens (primary N) is 1. The lowest BCUT2D eigenvalue weighted by Gasteiger charge is -2.07. The Morgan fingerprint density at radius 3 is 2.26 bits per heavy atom. The van der Waals surface area contributed by atoms with Crippen molar-refractivity contribution >= 4 is 17.1 Å². The largest absolute Gasteiger partial charge is 0.586 e. The number of benzene rings is 2. The van der Waals surface area contributed by atoms with E-state index in [1.165, 1.54) is 12.1 Å². The van der Waals surface area contributed by atoms with Crippen LogP contribution in [-0.2, 0) is 0 Å². The fourth-order valence-corrected chi connectivity index (χ4v) is 1.76. The number of anilines is 3. The molecule has 0 atom stereocenters. The van der Waals surface area contributed by atoms with Crippen molar-refractivity contribution in [3.63, 3.8) is 0 Å². The van der Waals surface area contributed by atoms with Gasteiger partial charge in [-0.15, -0.1) is 8.78 Å². The first-order chi connectivity index (χ1) is 9.02. The van der Waals surface area contributed by atoms with Crippen LogP contribution in [0.15, 0.2) is 42.5 Å². The van der Waals surface area contributed by atoms with E-state index in [2.05, 4.69) is 14.8 Å². The van der Waals surface area contributed by atoms with Crippen molar-refractivity contribution in [1.29, 1.82) is 0 Å². The minimum atomic E-state index is -3.60. The predicted molar refractivity (Wildman–Crippen MR) is 66.8 cm³/mol. The second-order valence-corrected chi connectivity index (χ2v) is 4.08. The first-order valence-electron chi connectivity index (χ1n) is 5.54. The van der Waals surface area contributed by atoms with Gasteiger partial charge in [-0.05, 0) is 36.4 Å². The van der Waals surface area contributed by atoms with Crippen molar-refractivity contribution in [2.24, 2.45) is 0 Å². The number of fused-ring (bicyclic) bond motifs is 1. The number of hydrogen-bond acceptors (Lipinski definition) is 4. The maximum absolute atomic E-state index is 12.9. The van der Waals surface area contributed by atoms with E-state index in [-0.39, 0.29) is 11.5 Å². The molecule has 0 saturated heterocycles. The zero-order valence-electron chi connectivity index (χ0n) is 9.69. The Morgan fingerprint density at radius 2 is 1.53 bits per heavy atom. The van der Waals surface area contributed by atoms with E-state index in [0.717, 1.165) is 5.69 Å². The van der Waals surface area contributed by atoms with E-state index < -0.39 is 6.29 Å². The maximum atomic E-state index is 12.9. The molecule has 0 aromatic heterocycles. The van der Waals surface area contributed by atoms with Crippen molar-refractivity contribution in [3.8, 4) is 11.5 Å². The summed E-state index contributed by atoms with van der Waals surface area (Å²) in [5, 5.41) is 3.05. The number of alkyl halides is 2. The summed E-state index contributed by atoms with van der Waals surface area (Å²) in [4.78, 5) is 0. The number of rotatable bonds is 2. The Kier molecular flexibility index (Phi) is 2.45. The highest BCUT2D eigenvalue weighted by molar-refractivity contribution is 5.65. The van der Waals surface area contributed by atoms with Gasteiger partial charge in [-0.3, -0.25) is 0 Å². The predicted octanol–water partition coefficient (Wildman–Crippen LogP) is 3.33. The summed E-state index contributed by atoms with van der Waals surface area (Å²) >= 11 is 0. The lowest BCUT2D eigenvalue weighted by atomic mass is 10.2. The van der Waals surface area contributed by atoms with E-state index in [0.29, 0.717) is 11.4 Å². The second-order valence-electron chi connectivity index (χ2n) is 4.08. The Bertz CT molecular complexity index is 615. The Labute approximate surface area is 107 Å². The molecule has 0 fully saturated rings. The molecular weight excluding hydrogens is 254 g/mol. The molecular formula is C13H10F2N2O2. The van der Waals surface area contributed by atoms with Crippen LogP contribution in [0.5, 0.6) is 11.5 Å². The summed E-state index contributed by atoms with van der Waals surface area (Å²) in [5.41, 5.74) is 7.63. The Morgan fingerprint density at radius 1 is 0.895 bits per heavy atom. The first kappa shape index (κ1) is 11.6. The van der Waals surface area contributed by atoms with Crippen LogP contribution >= 0.6 is 0 Å². The summed E-state index contributed by atoms with van der Waals surface area (Å²) < 4.78 is 34.4. The minimum Gasteiger partial charge on any atom is -0.399 e. The van der Waals surface area contributed by atoms with Gasteiger partial charge in [0.25, 0.3) is 0 Å². The fraction of sp³-hybridized carbons (Fsp3) is 0.0769. The molecule has 0 saturated carbocycles. The van der Waals surface area contributed by atoms with Gasteiger partial charge in [-0.2, -0.15) is 0 Å². The van der Waals surface area contributed by atoms with E-state index >= 15 is 0 Å². The van der Waals surface area contributed by atoms with Gasteiger partial charge in [0.15, 0.2) is 11.5 Å². The summed E-state index contributed by atoms with van der Waals surface area (Å²) in [5.74, 6) is 0.0262. The Balaban J connectivity index is 1.82. The number of hydrogen-bond donors (Lipinski definition) is 2. The van der Waals surface area contributed by atoms with Crippen molar-refractivity contribution in [2.45, 2.75) is 6.29 Å². The van der Waals surface area contributed by atoms with E-state index in [4.69, 9.17) is 5.73 Å². The molecule has 0 unspecified atom stereocenters. The summed E-state index contributed by atoms with van der Waals surface area (Å²) in [6.45, 7) is 0. The fourth-order valence-electron chi connectivity index (χ4n) is 1.76. The molecule has 98 valence electrons. The quantitative estimate of drug-likeness (QED) is 0.817. The van der Waals surface area contributed by atoms with Crippen LogP contribution in [0.4, 0.5) is 25.8 Å². The number of halogens is 2. The molecule has 0 spiro atoms. The molecule has 6 heteroatoms. The van der Waals surface area contributed by atoms with E-state index in [1.807, 2.05) is 0 Å². The lowest BCUT2D eigenvalue weighted by Crippen LogP contribution is -2.25. The highest BCUT2D eigenvalue weighted by Crippen LogP contribution is 2.42. The molecule has 2 aromatic carbocycles. The summed E-state index contributed by atoms with van der Waals surface area (Å²) in [7, 11) is 0. The average molecular weight is 264 g/mol. The zero-order valence-corrected chi connectivity index (χ0v) is 9.69. The molecule has 1 heterocycles. The molecule has 0 amide bonds. The van der Waals surface area contributed by atoms with Crippen LogP contribution in [0.3, 0.4) is 0 Å². The van der Waals surface area contributed by atoms with Crippen LogP contribution in [0, 0.1) is 0 Å². The van der Waals surface area contributed by atoms with Gasteiger partial charge in [0, 0.05) is 23.1 Å². The normalized spacial score (nSPS) is 15.3. The van der Waals surface area contributed by atoms with Gasteiger partial charge in [-0.25, -0.2) is 0 Å². The van der Waals surface area contributed by atoms with Crippen LogP contribution in [0.2, 0.25) is 0 Å². The van der Waals surface area contributed by atoms with Crippen molar-refractivity contribution in [3.05, 3.63) is 42.5 Å². The number of nitrogen functional groups attached to an aromatic ring is 1. The first-order valence-corrected chi connectivity index (χ1v) is 5.54. The highest BCUT2D eigenvalue weighted by atomic mass is 19.3. The lowest BCUT2D eigenvalue weighted by molar-refractivity contribution is -0.286. The molecule has 0 radical (unpaired) electrons. The van der Waals surface area contributed by atoms with Crippen LogP contribution in [-0.4, -0.2) is 6.29 Å². The van der Waals surface area contributed by atoms with Crippen molar-refractivity contribution in [1.82, 2.24) is 0 Å². The molecule has 3 rings (SSSR count). The Hall–Kier alpha value is -2.50. The van der Waals surface area contributed by atoms with Gasteiger partial charge < -0.3 is 20.5 Å². The van der Waals surface area contributed by atoms with Crippen molar-refractivity contribution in [2.75, 3.05) is 11.1 Å². The van der Waals surface area contributed by atoms with Gasteiger partial charge in [-0.1, -0.05) is 0 Å². The smallest absolute Gasteiger partial charge is 0.399 e. The number of nitrogens with one attached hydrogen (secondary N) is 1. The van der Waals surface area contributed by atoms with E-state index in [1.54, 1.807) is 30.3 Å². The third kappa shape index (κ3) is 2.37. The third-order valence-electron chi connectivity index (χ3n) is 2.60.